The fourth-order valence-corrected chi connectivity index (χ4v) is 3.36. The second-order valence-electron chi connectivity index (χ2n) is 8.58. The molecule has 0 aromatic heterocycles. The third-order valence-electron chi connectivity index (χ3n) is 5.32. The van der Waals surface area contributed by atoms with Gasteiger partial charge in [-0.15, -0.1) is 0 Å². The number of hydrogen-bond acceptors (Lipinski definition) is 2. The number of amides is 2. The van der Waals surface area contributed by atoms with Gasteiger partial charge in [0.05, 0.1) is 44.5 Å². The summed E-state index contributed by atoms with van der Waals surface area (Å²) in [6, 6.07) is 14.9. The molecule has 148 valence electrons. The molecule has 1 aliphatic heterocycles. The average Bonchev–Trinajstić information content (AvgIpc) is 2.68. The highest BCUT2D eigenvalue weighted by Crippen LogP contribution is 2.23. The minimum atomic E-state index is -0.205. The van der Waals surface area contributed by atoms with Crippen LogP contribution in [0.2, 0.25) is 0 Å². The van der Waals surface area contributed by atoms with E-state index in [-0.39, 0.29) is 17.2 Å². The Kier molecular flexibility index (Phi) is 5.84. The SMILES string of the molecule is C[NH+]1CCN(C(=O)c2ccccc2NC(=O)c2ccc(C(C)(C)C)cc2)CC1. The minimum Gasteiger partial charge on any atom is -0.334 e. The lowest BCUT2D eigenvalue weighted by atomic mass is 9.86. The van der Waals surface area contributed by atoms with Crippen LogP contribution in [-0.2, 0) is 5.41 Å². The van der Waals surface area contributed by atoms with E-state index in [1.807, 2.05) is 41.3 Å². The molecule has 0 saturated carbocycles. The van der Waals surface area contributed by atoms with E-state index in [4.69, 9.17) is 0 Å². The molecule has 1 saturated heterocycles. The summed E-state index contributed by atoms with van der Waals surface area (Å²) in [6.45, 7) is 9.79. The molecule has 2 aromatic rings. The molecule has 0 radical (unpaired) electrons. The molecule has 2 N–H and O–H groups in total. The summed E-state index contributed by atoms with van der Waals surface area (Å²) < 4.78 is 0. The first-order valence-corrected chi connectivity index (χ1v) is 9.87. The van der Waals surface area contributed by atoms with Gasteiger partial charge in [-0.05, 0) is 35.2 Å². The third-order valence-corrected chi connectivity index (χ3v) is 5.32. The highest BCUT2D eigenvalue weighted by molar-refractivity contribution is 6.09. The largest absolute Gasteiger partial charge is 0.334 e. The Morgan fingerprint density at radius 1 is 0.964 bits per heavy atom. The van der Waals surface area contributed by atoms with Crippen molar-refractivity contribution in [2.45, 2.75) is 26.2 Å². The Labute approximate surface area is 167 Å². The van der Waals surface area contributed by atoms with E-state index in [2.05, 4.69) is 33.1 Å². The maximum Gasteiger partial charge on any atom is 0.256 e. The van der Waals surface area contributed by atoms with E-state index in [0.29, 0.717) is 16.8 Å². The maximum absolute atomic E-state index is 13.0. The van der Waals surface area contributed by atoms with Crippen molar-refractivity contribution in [1.82, 2.24) is 4.90 Å². The maximum atomic E-state index is 13.0. The van der Waals surface area contributed by atoms with Gasteiger partial charge in [-0.1, -0.05) is 45.0 Å². The molecule has 1 fully saturated rings. The van der Waals surface area contributed by atoms with Crippen LogP contribution < -0.4 is 10.2 Å². The van der Waals surface area contributed by atoms with Gasteiger partial charge in [-0.25, -0.2) is 0 Å². The lowest BCUT2D eigenvalue weighted by molar-refractivity contribution is -0.883. The van der Waals surface area contributed by atoms with E-state index in [9.17, 15) is 9.59 Å². The first-order valence-electron chi connectivity index (χ1n) is 9.87. The molecule has 28 heavy (non-hydrogen) atoms. The van der Waals surface area contributed by atoms with Gasteiger partial charge >= 0.3 is 0 Å². The van der Waals surface area contributed by atoms with Crippen LogP contribution in [-0.4, -0.2) is 49.9 Å². The molecule has 2 aromatic carbocycles. The number of hydrogen-bond donors (Lipinski definition) is 2. The molecule has 5 nitrogen and oxygen atoms in total. The van der Waals surface area contributed by atoms with Crippen molar-refractivity contribution in [3.8, 4) is 0 Å². The van der Waals surface area contributed by atoms with Crippen LogP contribution in [0.25, 0.3) is 0 Å². The summed E-state index contributed by atoms with van der Waals surface area (Å²) in [7, 11) is 2.14. The van der Waals surface area contributed by atoms with Crippen LogP contribution in [0.15, 0.2) is 48.5 Å². The number of likely N-dealkylation sites (N-methyl/N-ethyl adjacent to an activating group) is 1. The smallest absolute Gasteiger partial charge is 0.256 e. The van der Waals surface area contributed by atoms with Gasteiger partial charge in [0.1, 0.15) is 0 Å². The number of anilines is 1. The molecule has 1 heterocycles. The zero-order valence-corrected chi connectivity index (χ0v) is 17.2. The number of benzene rings is 2. The second kappa shape index (κ2) is 8.15. The summed E-state index contributed by atoms with van der Waals surface area (Å²) in [6.07, 6.45) is 0. The van der Waals surface area contributed by atoms with Gasteiger partial charge in [0.15, 0.2) is 0 Å². The van der Waals surface area contributed by atoms with Crippen LogP contribution in [0.1, 0.15) is 47.1 Å². The van der Waals surface area contributed by atoms with Gasteiger partial charge in [-0.2, -0.15) is 0 Å². The van der Waals surface area contributed by atoms with E-state index in [1.54, 1.807) is 12.1 Å². The summed E-state index contributed by atoms with van der Waals surface area (Å²) in [5.41, 5.74) is 2.90. The van der Waals surface area contributed by atoms with Crippen LogP contribution in [0.4, 0.5) is 5.69 Å². The fraction of sp³-hybridized carbons (Fsp3) is 0.391. The monoisotopic (exact) mass is 380 g/mol. The molecule has 0 unspecified atom stereocenters. The Morgan fingerprint density at radius 3 is 2.18 bits per heavy atom. The van der Waals surface area contributed by atoms with Gasteiger partial charge in [0, 0.05) is 5.56 Å². The van der Waals surface area contributed by atoms with E-state index in [1.165, 1.54) is 10.5 Å². The number of piperazine rings is 1. The van der Waals surface area contributed by atoms with Gasteiger partial charge in [0.2, 0.25) is 0 Å². The predicted octanol–water partition coefficient (Wildman–Crippen LogP) is 2.21. The Balaban J connectivity index is 1.76. The molecule has 0 spiro atoms. The van der Waals surface area contributed by atoms with Crippen molar-refractivity contribution in [2.75, 3.05) is 38.5 Å². The number of nitrogens with one attached hydrogen (secondary N) is 2. The molecule has 3 rings (SSSR count). The summed E-state index contributed by atoms with van der Waals surface area (Å²) >= 11 is 0. The first kappa shape index (κ1) is 20.1. The molecule has 1 aliphatic rings. The predicted molar refractivity (Wildman–Crippen MR) is 112 cm³/mol. The number of carbonyl (C=O) groups is 2. The molecule has 0 aliphatic carbocycles. The van der Waals surface area contributed by atoms with Gasteiger partial charge < -0.3 is 15.1 Å². The topological polar surface area (TPSA) is 53.9 Å². The second-order valence-corrected chi connectivity index (χ2v) is 8.58. The number of carbonyl (C=O) groups excluding carboxylic acids is 2. The number of nitrogens with zero attached hydrogens (tertiary/aromatic N) is 1. The van der Waals surface area contributed by atoms with Crippen molar-refractivity contribution in [3.05, 3.63) is 65.2 Å². The van der Waals surface area contributed by atoms with Crippen molar-refractivity contribution in [3.63, 3.8) is 0 Å². The standard InChI is InChI=1S/C23H29N3O2/c1-23(2,3)18-11-9-17(10-12-18)21(27)24-20-8-6-5-7-19(20)22(28)26-15-13-25(4)14-16-26/h5-12H,13-16H2,1-4H3,(H,24,27)/p+1. The quantitative estimate of drug-likeness (QED) is 0.858. The van der Waals surface area contributed by atoms with Crippen molar-refractivity contribution < 1.29 is 14.5 Å². The van der Waals surface area contributed by atoms with Crippen LogP contribution in [0.3, 0.4) is 0 Å². The Bertz CT molecular complexity index is 845. The number of rotatable bonds is 3. The van der Waals surface area contributed by atoms with Crippen molar-refractivity contribution in [1.29, 1.82) is 0 Å². The normalized spacial score (nSPS) is 15.4. The number of quaternary nitrogens is 1. The zero-order chi connectivity index (χ0) is 20.3. The number of para-hydroxylation sites is 1. The van der Waals surface area contributed by atoms with Crippen LogP contribution >= 0.6 is 0 Å². The molecule has 2 amide bonds. The van der Waals surface area contributed by atoms with Crippen LogP contribution in [0.5, 0.6) is 0 Å². The van der Waals surface area contributed by atoms with Gasteiger partial charge in [-0.3, -0.25) is 9.59 Å². The average molecular weight is 381 g/mol. The molecule has 0 atom stereocenters. The summed E-state index contributed by atoms with van der Waals surface area (Å²) in [5.74, 6) is -0.227. The van der Waals surface area contributed by atoms with Crippen LogP contribution in [0, 0.1) is 0 Å². The highest BCUT2D eigenvalue weighted by Gasteiger charge is 2.24. The zero-order valence-electron chi connectivity index (χ0n) is 17.2. The van der Waals surface area contributed by atoms with E-state index < -0.39 is 0 Å². The molecular formula is C23H30N3O2+. The van der Waals surface area contributed by atoms with E-state index >= 15 is 0 Å². The lowest BCUT2D eigenvalue weighted by Crippen LogP contribution is -3.12. The first-order chi connectivity index (χ1) is 13.3. The molecular weight excluding hydrogens is 350 g/mol. The van der Waals surface area contributed by atoms with Crippen molar-refractivity contribution in [2.24, 2.45) is 0 Å². The van der Waals surface area contributed by atoms with Crippen molar-refractivity contribution >= 4 is 17.5 Å². The highest BCUT2D eigenvalue weighted by atomic mass is 16.2. The Morgan fingerprint density at radius 2 is 1.57 bits per heavy atom. The summed E-state index contributed by atoms with van der Waals surface area (Å²) in [4.78, 5) is 29.0. The summed E-state index contributed by atoms with van der Waals surface area (Å²) in [5, 5.41) is 2.92. The lowest BCUT2D eigenvalue weighted by Gasteiger charge is -2.30. The van der Waals surface area contributed by atoms with Gasteiger partial charge in [0.25, 0.3) is 11.8 Å². The fourth-order valence-electron chi connectivity index (χ4n) is 3.36. The molecule has 0 bridgehead atoms. The van der Waals surface area contributed by atoms with E-state index in [0.717, 1.165) is 26.2 Å². The third kappa shape index (κ3) is 4.60. The minimum absolute atomic E-state index is 0.0218. The Hall–Kier alpha value is -2.66. The molecule has 5 heteroatoms.